The van der Waals surface area contributed by atoms with Crippen molar-refractivity contribution in [1.82, 2.24) is 10.0 Å². The molecule has 0 bridgehead atoms. The minimum Gasteiger partial charge on any atom is -0.383 e. The summed E-state index contributed by atoms with van der Waals surface area (Å²) in [6.45, 7) is 5.76. The van der Waals surface area contributed by atoms with Gasteiger partial charge in [-0.1, -0.05) is 19.1 Å². The third-order valence-corrected chi connectivity index (χ3v) is 4.19. The van der Waals surface area contributed by atoms with E-state index in [4.69, 9.17) is 4.74 Å². The van der Waals surface area contributed by atoms with Crippen LogP contribution in [-0.4, -0.2) is 34.7 Å². The molecule has 0 aliphatic heterocycles. The van der Waals surface area contributed by atoms with Gasteiger partial charge in [0, 0.05) is 19.7 Å². The molecule has 0 aliphatic carbocycles. The lowest BCUT2D eigenvalue weighted by Gasteiger charge is -2.13. The molecule has 1 aromatic rings. The largest absolute Gasteiger partial charge is 0.383 e. The second kappa shape index (κ2) is 7.59. The van der Waals surface area contributed by atoms with Crippen molar-refractivity contribution in [2.75, 3.05) is 20.3 Å². The Morgan fingerprint density at radius 1 is 1.26 bits per heavy atom. The predicted molar refractivity (Wildman–Crippen MR) is 75.5 cm³/mol. The van der Waals surface area contributed by atoms with Crippen molar-refractivity contribution in [3.05, 3.63) is 29.8 Å². The number of benzene rings is 1. The molecule has 0 saturated carbocycles. The Balaban J connectivity index is 2.73. The Kier molecular flexibility index (Phi) is 6.44. The molecule has 1 aromatic carbocycles. The van der Waals surface area contributed by atoms with Crippen molar-refractivity contribution in [2.24, 2.45) is 0 Å². The highest BCUT2D eigenvalue weighted by Crippen LogP contribution is 2.11. The maximum atomic E-state index is 12.1. The molecule has 0 amide bonds. The van der Waals surface area contributed by atoms with Crippen LogP contribution in [0.25, 0.3) is 0 Å². The standard InChI is InChI=1S/C13H22N2O3S/c1-4-14-9-12-5-7-13(8-6-12)19(16,17)15-11(2)10-18-3/h5-8,11,14-15H,4,9-10H2,1-3H3. The zero-order valence-electron chi connectivity index (χ0n) is 11.6. The highest BCUT2D eigenvalue weighted by Gasteiger charge is 2.16. The molecule has 19 heavy (non-hydrogen) atoms. The van der Waals surface area contributed by atoms with E-state index in [1.54, 1.807) is 26.2 Å². The van der Waals surface area contributed by atoms with Crippen LogP contribution in [0.2, 0.25) is 0 Å². The van der Waals surface area contributed by atoms with E-state index in [1.165, 1.54) is 0 Å². The first-order valence-corrected chi connectivity index (χ1v) is 7.79. The average molecular weight is 286 g/mol. The van der Waals surface area contributed by atoms with Crippen LogP contribution in [0.15, 0.2) is 29.2 Å². The Bertz CT molecular complexity index is 471. The second-order valence-electron chi connectivity index (χ2n) is 4.40. The van der Waals surface area contributed by atoms with Crippen molar-refractivity contribution in [3.63, 3.8) is 0 Å². The van der Waals surface area contributed by atoms with Crippen LogP contribution >= 0.6 is 0 Å². The third kappa shape index (κ3) is 5.28. The van der Waals surface area contributed by atoms with Gasteiger partial charge in [-0.15, -0.1) is 0 Å². The monoisotopic (exact) mass is 286 g/mol. The van der Waals surface area contributed by atoms with E-state index in [9.17, 15) is 8.42 Å². The Labute approximate surface area is 115 Å². The quantitative estimate of drug-likeness (QED) is 0.751. The minimum absolute atomic E-state index is 0.253. The van der Waals surface area contributed by atoms with Gasteiger partial charge in [-0.2, -0.15) is 0 Å². The lowest BCUT2D eigenvalue weighted by atomic mass is 10.2. The van der Waals surface area contributed by atoms with Crippen LogP contribution in [0.3, 0.4) is 0 Å². The molecule has 0 heterocycles. The summed E-state index contributed by atoms with van der Waals surface area (Å²) in [5.74, 6) is 0. The zero-order chi connectivity index (χ0) is 14.3. The van der Waals surface area contributed by atoms with Gasteiger partial charge in [0.25, 0.3) is 0 Å². The van der Waals surface area contributed by atoms with Gasteiger partial charge in [-0.05, 0) is 31.2 Å². The van der Waals surface area contributed by atoms with E-state index in [0.717, 1.165) is 18.7 Å². The summed E-state index contributed by atoms with van der Waals surface area (Å²) in [4.78, 5) is 0.274. The average Bonchev–Trinajstić information content (AvgIpc) is 2.36. The molecule has 0 fully saturated rings. The molecule has 0 saturated heterocycles. The topological polar surface area (TPSA) is 67.4 Å². The molecule has 0 aliphatic rings. The Hall–Kier alpha value is -0.950. The van der Waals surface area contributed by atoms with Crippen molar-refractivity contribution in [2.45, 2.75) is 31.3 Å². The number of ether oxygens (including phenoxy) is 1. The summed E-state index contributed by atoms with van der Waals surface area (Å²) in [5.41, 5.74) is 1.06. The number of hydrogen-bond acceptors (Lipinski definition) is 4. The molecule has 0 spiro atoms. The number of hydrogen-bond donors (Lipinski definition) is 2. The van der Waals surface area contributed by atoms with E-state index in [0.29, 0.717) is 6.61 Å². The predicted octanol–water partition coefficient (Wildman–Crippen LogP) is 1.11. The third-order valence-electron chi connectivity index (χ3n) is 2.59. The van der Waals surface area contributed by atoms with E-state index < -0.39 is 10.0 Å². The van der Waals surface area contributed by atoms with E-state index in [-0.39, 0.29) is 10.9 Å². The number of methoxy groups -OCH3 is 1. The van der Waals surface area contributed by atoms with Crippen LogP contribution in [-0.2, 0) is 21.3 Å². The van der Waals surface area contributed by atoms with Gasteiger partial charge < -0.3 is 10.1 Å². The lowest BCUT2D eigenvalue weighted by molar-refractivity contribution is 0.180. The van der Waals surface area contributed by atoms with Crippen molar-refractivity contribution >= 4 is 10.0 Å². The molecule has 1 unspecified atom stereocenters. The molecule has 1 atom stereocenters. The summed E-state index contributed by atoms with van der Waals surface area (Å²) >= 11 is 0. The van der Waals surface area contributed by atoms with Crippen molar-refractivity contribution in [3.8, 4) is 0 Å². The zero-order valence-corrected chi connectivity index (χ0v) is 12.5. The first-order valence-electron chi connectivity index (χ1n) is 6.30. The first-order chi connectivity index (χ1) is 8.99. The van der Waals surface area contributed by atoms with Gasteiger partial charge in [0.1, 0.15) is 0 Å². The first kappa shape index (κ1) is 16.1. The fourth-order valence-corrected chi connectivity index (χ4v) is 2.90. The summed E-state index contributed by atoms with van der Waals surface area (Å²) in [5, 5.41) is 3.19. The second-order valence-corrected chi connectivity index (χ2v) is 6.12. The van der Waals surface area contributed by atoms with E-state index >= 15 is 0 Å². The summed E-state index contributed by atoms with van der Waals surface area (Å²) in [6, 6.07) is 6.62. The maximum Gasteiger partial charge on any atom is 0.240 e. The highest BCUT2D eigenvalue weighted by atomic mass is 32.2. The molecule has 2 N–H and O–H groups in total. The van der Waals surface area contributed by atoms with Gasteiger partial charge in [0.05, 0.1) is 11.5 Å². The number of rotatable bonds is 8. The van der Waals surface area contributed by atoms with Crippen LogP contribution in [0.5, 0.6) is 0 Å². The van der Waals surface area contributed by atoms with Crippen molar-refractivity contribution < 1.29 is 13.2 Å². The fraction of sp³-hybridized carbons (Fsp3) is 0.538. The van der Waals surface area contributed by atoms with Gasteiger partial charge in [0.2, 0.25) is 10.0 Å². The molecule has 0 aromatic heterocycles. The molecule has 1 rings (SSSR count). The summed E-state index contributed by atoms with van der Waals surface area (Å²) in [7, 11) is -1.93. The Morgan fingerprint density at radius 3 is 2.42 bits per heavy atom. The van der Waals surface area contributed by atoms with Crippen LogP contribution < -0.4 is 10.0 Å². The smallest absolute Gasteiger partial charge is 0.240 e. The van der Waals surface area contributed by atoms with Gasteiger partial charge in [-0.3, -0.25) is 0 Å². The summed E-state index contributed by atoms with van der Waals surface area (Å²) < 4.78 is 31.6. The molecular formula is C13H22N2O3S. The number of nitrogens with one attached hydrogen (secondary N) is 2. The molecule has 6 heteroatoms. The molecule has 108 valence electrons. The highest BCUT2D eigenvalue weighted by molar-refractivity contribution is 7.89. The molecular weight excluding hydrogens is 264 g/mol. The maximum absolute atomic E-state index is 12.1. The Morgan fingerprint density at radius 2 is 1.89 bits per heavy atom. The molecule has 0 radical (unpaired) electrons. The van der Waals surface area contributed by atoms with Crippen LogP contribution in [0.1, 0.15) is 19.4 Å². The van der Waals surface area contributed by atoms with E-state index in [1.807, 2.05) is 19.1 Å². The van der Waals surface area contributed by atoms with Crippen LogP contribution in [0.4, 0.5) is 0 Å². The SMILES string of the molecule is CCNCc1ccc(S(=O)(=O)NC(C)COC)cc1. The summed E-state index contributed by atoms with van der Waals surface area (Å²) in [6.07, 6.45) is 0. The minimum atomic E-state index is -3.47. The number of sulfonamides is 1. The van der Waals surface area contributed by atoms with Gasteiger partial charge in [-0.25, -0.2) is 13.1 Å². The van der Waals surface area contributed by atoms with Crippen molar-refractivity contribution in [1.29, 1.82) is 0 Å². The normalized spacial score (nSPS) is 13.4. The fourth-order valence-electron chi connectivity index (χ4n) is 1.67. The molecule has 5 nitrogen and oxygen atoms in total. The van der Waals surface area contributed by atoms with Gasteiger partial charge >= 0.3 is 0 Å². The van der Waals surface area contributed by atoms with Crippen LogP contribution in [0, 0.1) is 0 Å². The van der Waals surface area contributed by atoms with Gasteiger partial charge in [0.15, 0.2) is 0 Å². The lowest BCUT2D eigenvalue weighted by Crippen LogP contribution is -2.35. The van der Waals surface area contributed by atoms with E-state index in [2.05, 4.69) is 10.0 Å².